The van der Waals surface area contributed by atoms with Crippen molar-refractivity contribution in [2.24, 2.45) is 0 Å². The van der Waals surface area contributed by atoms with Crippen LogP contribution in [-0.4, -0.2) is 61.5 Å². The van der Waals surface area contributed by atoms with Crippen molar-refractivity contribution in [2.45, 2.75) is 29.3 Å². The minimum atomic E-state index is -3.07. The van der Waals surface area contributed by atoms with E-state index in [4.69, 9.17) is 4.74 Å². The number of aromatic nitrogens is 3. The summed E-state index contributed by atoms with van der Waals surface area (Å²) in [5.74, 6) is -1.85. The topological polar surface area (TPSA) is 80.0 Å². The van der Waals surface area contributed by atoms with Gasteiger partial charge in [-0.1, -0.05) is 28.5 Å². The summed E-state index contributed by atoms with van der Waals surface area (Å²) in [6, 6.07) is 14.6. The first-order valence-corrected chi connectivity index (χ1v) is 13.6. The SMILES string of the molecule is C[S+](=O)(O)c1cccc(-c2cnn3cc(-c4ccc(OC5(CN6CC(F)(F)C6)CC5)cc4)cnc23)c1. The maximum Gasteiger partial charge on any atom is 0.272 e. The van der Waals surface area contributed by atoms with Crippen LogP contribution in [0.15, 0.2) is 72.0 Å². The molecule has 0 amide bonds. The van der Waals surface area contributed by atoms with Gasteiger partial charge in [-0.15, -0.1) is 0 Å². The van der Waals surface area contributed by atoms with Gasteiger partial charge in [-0.25, -0.2) is 18.3 Å². The molecule has 0 radical (unpaired) electrons. The van der Waals surface area contributed by atoms with E-state index in [2.05, 4.69) is 10.1 Å². The van der Waals surface area contributed by atoms with Crippen LogP contribution in [0.2, 0.25) is 0 Å². The van der Waals surface area contributed by atoms with Crippen LogP contribution in [-0.2, 0) is 14.4 Å². The lowest BCUT2D eigenvalue weighted by Crippen LogP contribution is -2.58. The molecule has 10 heteroatoms. The third-order valence-electron chi connectivity index (χ3n) is 6.69. The Morgan fingerprint density at radius 2 is 1.81 bits per heavy atom. The summed E-state index contributed by atoms with van der Waals surface area (Å²) in [6.07, 6.45) is 8.38. The molecule has 1 atom stereocenters. The van der Waals surface area contributed by atoms with E-state index >= 15 is 0 Å². The molecule has 2 aliphatic rings. The smallest absolute Gasteiger partial charge is 0.272 e. The van der Waals surface area contributed by atoms with Crippen molar-refractivity contribution in [3.8, 4) is 28.0 Å². The lowest BCUT2D eigenvalue weighted by Gasteiger charge is -2.40. The number of rotatable bonds is 7. The average Bonchev–Trinajstić information content (AvgIpc) is 3.43. The minimum absolute atomic E-state index is 0.187. The summed E-state index contributed by atoms with van der Waals surface area (Å²) < 4.78 is 56.1. The van der Waals surface area contributed by atoms with Crippen LogP contribution in [0, 0.1) is 0 Å². The van der Waals surface area contributed by atoms with Crippen LogP contribution in [0.1, 0.15) is 12.8 Å². The maximum atomic E-state index is 13.1. The number of halogens is 2. The van der Waals surface area contributed by atoms with Gasteiger partial charge in [-0.3, -0.25) is 4.90 Å². The number of hydrogen-bond donors (Lipinski definition) is 1. The summed E-state index contributed by atoms with van der Waals surface area (Å²) >= 11 is 0. The first kappa shape index (κ1) is 23.2. The van der Waals surface area contributed by atoms with E-state index in [-0.39, 0.29) is 18.7 Å². The Kier molecular flexibility index (Phi) is 5.26. The lowest BCUT2D eigenvalue weighted by atomic mass is 10.1. The van der Waals surface area contributed by atoms with Crippen molar-refractivity contribution < 1.29 is 22.3 Å². The quantitative estimate of drug-likeness (QED) is 0.356. The Balaban J connectivity index is 1.19. The van der Waals surface area contributed by atoms with E-state index in [0.29, 0.717) is 17.1 Å². The number of benzene rings is 2. The standard InChI is InChI=1S/C26H24F2N4O3S/c1-36(33,34)22-4-2-3-19(11-22)23-13-30-32-14-20(12-29-24(23)32)18-5-7-21(8-6-18)35-25(9-10-25)15-31-16-26(27,28)17-31/h2-8,11-14H,9-10,15-17H2,1H3/p+1. The van der Waals surface area contributed by atoms with Crippen LogP contribution in [0.3, 0.4) is 0 Å². The largest absolute Gasteiger partial charge is 0.486 e. The molecule has 1 saturated carbocycles. The molecule has 1 N–H and O–H groups in total. The van der Waals surface area contributed by atoms with Gasteiger partial charge in [0, 0.05) is 36.1 Å². The molecule has 2 aromatic heterocycles. The zero-order valence-corrected chi connectivity index (χ0v) is 20.4. The van der Waals surface area contributed by atoms with E-state index in [0.717, 1.165) is 40.8 Å². The highest BCUT2D eigenvalue weighted by Crippen LogP contribution is 2.43. The third kappa shape index (κ3) is 4.52. The highest BCUT2D eigenvalue weighted by Gasteiger charge is 2.52. The molecule has 4 aromatic rings. The normalized spacial score (nSPS) is 20.0. The molecule has 2 fully saturated rings. The molecular weight excluding hydrogens is 486 g/mol. The molecule has 1 aliphatic heterocycles. The van der Waals surface area contributed by atoms with Crippen LogP contribution >= 0.6 is 0 Å². The molecule has 36 heavy (non-hydrogen) atoms. The Morgan fingerprint density at radius 1 is 1.06 bits per heavy atom. The highest BCUT2D eigenvalue weighted by atomic mass is 32.3. The number of alkyl halides is 2. The Hall–Kier alpha value is -3.21. The first-order valence-electron chi connectivity index (χ1n) is 11.6. The van der Waals surface area contributed by atoms with Crippen LogP contribution in [0.4, 0.5) is 8.78 Å². The zero-order valence-electron chi connectivity index (χ0n) is 19.6. The van der Waals surface area contributed by atoms with Gasteiger partial charge in [0.15, 0.2) is 10.5 Å². The van der Waals surface area contributed by atoms with Gasteiger partial charge in [-0.05, 0) is 42.2 Å². The minimum Gasteiger partial charge on any atom is -0.486 e. The van der Waals surface area contributed by atoms with Crippen LogP contribution in [0.5, 0.6) is 5.75 Å². The van der Waals surface area contributed by atoms with E-state index < -0.39 is 16.1 Å². The van der Waals surface area contributed by atoms with Gasteiger partial charge in [0.25, 0.3) is 5.92 Å². The molecule has 0 spiro atoms. The van der Waals surface area contributed by atoms with Gasteiger partial charge >= 0.3 is 0 Å². The maximum absolute atomic E-state index is 13.1. The molecule has 7 nitrogen and oxygen atoms in total. The van der Waals surface area contributed by atoms with E-state index in [1.54, 1.807) is 40.0 Å². The fourth-order valence-electron chi connectivity index (χ4n) is 4.65. The molecule has 1 aliphatic carbocycles. The monoisotopic (exact) mass is 511 g/mol. The number of nitrogens with zero attached hydrogens (tertiary/aromatic N) is 4. The summed E-state index contributed by atoms with van der Waals surface area (Å²) in [5, 5.41) is 4.44. The second-order valence-corrected chi connectivity index (χ2v) is 11.9. The molecule has 1 saturated heterocycles. The number of likely N-dealkylation sites (tertiary alicyclic amines) is 1. The Bertz CT molecular complexity index is 1490. The van der Waals surface area contributed by atoms with Gasteiger partial charge in [0.1, 0.15) is 17.6 Å². The van der Waals surface area contributed by atoms with Gasteiger partial charge in [-0.2, -0.15) is 9.65 Å². The molecule has 2 aromatic carbocycles. The molecule has 0 bridgehead atoms. The average molecular weight is 512 g/mol. The van der Waals surface area contributed by atoms with E-state index in [1.807, 2.05) is 36.5 Å². The predicted molar refractivity (Wildman–Crippen MR) is 133 cm³/mol. The Labute approximate surface area is 208 Å². The first-order chi connectivity index (χ1) is 17.1. The molecule has 186 valence electrons. The molecular formula is C26H25F2N4O3S+. The van der Waals surface area contributed by atoms with Crippen LogP contribution in [0.25, 0.3) is 27.9 Å². The van der Waals surface area contributed by atoms with E-state index in [9.17, 15) is 17.5 Å². The van der Waals surface area contributed by atoms with Crippen molar-refractivity contribution >= 4 is 15.9 Å². The number of ether oxygens (including phenoxy) is 1. The molecule has 1 unspecified atom stereocenters. The second-order valence-electron chi connectivity index (χ2n) is 9.81. The third-order valence-corrected chi connectivity index (χ3v) is 7.82. The van der Waals surface area contributed by atoms with Gasteiger partial charge in [0.2, 0.25) is 10.2 Å². The second kappa shape index (κ2) is 8.16. The van der Waals surface area contributed by atoms with Crippen molar-refractivity contribution in [3.05, 3.63) is 67.1 Å². The number of hydrogen-bond acceptors (Lipinski definition) is 5. The van der Waals surface area contributed by atoms with E-state index in [1.165, 1.54) is 6.26 Å². The lowest BCUT2D eigenvalue weighted by molar-refractivity contribution is -0.139. The summed E-state index contributed by atoms with van der Waals surface area (Å²) in [6.45, 7) is 0.157. The highest BCUT2D eigenvalue weighted by molar-refractivity contribution is 7.97. The molecule has 6 rings (SSSR count). The van der Waals surface area contributed by atoms with Crippen LogP contribution < -0.4 is 4.74 Å². The number of fused-ring (bicyclic) bond motifs is 1. The van der Waals surface area contributed by atoms with Crippen molar-refractivity contribution in [1.29, 1.82) is 0 Å². The van der Waals surface area contributed by atoms with Crippen molar-refractivity contribution in [2.75, 3.05) is 25.9 Å². The van der Waals surface area contributed by atoms with Gasteiger partial charge in [0.05, 0.1) is 19.3 Å². The van der Waals surface area contributed by atoms with Crippen molar-refractivity contribution in [1.82, 2.24) is 19.5 Å². The van der Waals surface area contributed by atoms with Gasteiger partial charge < -0.3 is 4.74 Å². The molecule has 3 heterocycles. The zero-order chi connectivity index (χ0) is 25.1. The fourth-order valence-corrected chi connectivity index (χ4v) is 5.33. The fraction of sp³-hybridized carbons (Fsp3) is 0.308. The van der Waals surface area contributed by atoms with Crippen molar-refractivity contribution in [3.63, 3.8) is 0 Å². The summed E-state index contributed by atoms with van der Waals surface area (Å²) in [4.78, 5) is 6.71. The summed E-state index contributed by atoms with van der Waals surface area (Å²) in [5.41, 5.74) is 3.63. The Morgan fingerprint density at radius 3 is 2.47 bits per heavy atom. The predicted octanol–water partition coefficient (Wildman–Crippen LogP) is 4.89. The summed E-state index contributed by atoms with van der Waals surface area (Å²) in [7, 11) is -3.07.